The number of hydrogen-bond acceptors (Lipinski definition) is 3. The molecule has 0 aromatic heterocycles. The summed E-state index contributed by atoms with van der Waals surface area (Å²) in [5.74, 6) is -0.193. The van der Waals surface area contributed by atoms with E-state index in [2.05, 4.69) is 22.9 Å². The van der Waals surface area contributed by atoms with Crippen molar-refractivity contribution in [2.75, 3.05) is 13.2 Å². The summed E-state index contributed by atoms with van der Waals surface area (Å²) in [5, 5.41) is 17.2. The number of phenolic OH excluding ortho intramolecular Hbond substituents is 1. The predicted octanol–water partition coefficient (Wildman–Crippen LogP) is 4.30. The van der Waals surface area contributed by atoms with E-state index in [4.69, 9.17) is 0 Å². The zero-order valence-corrected chi connectivity index (χ0v) is 16.6. The maximum atomic E-state index is 11.8. The van der Waals surface area contributed by atoms with Crippen LogP contribution in [0.1, 0.15) is 81.5 Å². The molecule has 27 heavy (non-hydrogen) atoms. The van der Waals surface area contributed by atoms with Crippen LogP contribution in [-0.4, -0.2) is 30.3 Å². The molecule has 0 aliphatic heterocycles. The van der Waals surface area contributed by atoms with Gasteiger partial charge in [-0.2, -0.15) is 0 Å². The van der Waals surface area contributed by atoms with Gasteiger partial charge in [-0.3, -0.25) is 4.79 Å². The lowest BCUT2D eigenvalue weighted by molar-refractivity contribution is 0.0952. The van der Waals surface area contributed by atoms with E-state index in [1.165, 1.54) is 75.6 Å². The number of nitrogens with one attached hydrogen (secondary N) is 3. The number of urea groups is 1. The van der Waals surface area contributed by atoms with E-state index in [1.807, 2.05) is 0 Å². The summed E-state index contributed by atoms with van der Waals surface area (Å²) < 4.78 is 0. The molecule has 0 atom stereocenters. The fourth-order valence-electron chi connectivity index (χ4n) is 2.80. The Labute approximate surface area is 163 Å². The fraction of sp³-hybridized carbons (Fsp3) is 0.619. The summed E-state index contributed by atoms with van der Waals surface area (Å²) in [6, 6.07) is 5.66. The molecule has 0 aliphatic rings. The van der Waals surface area contributed by atoms with Gasteiger partial charge in [0.1, 0.15) is 5.75 Å². The quantitative estimate of drug-likeness (QED) is 0.288. The molecule has 0 aliphatic carbocycles. The first kappa shape index (κ1) is 22.8. The smallest absolute Gasteiger partial charge is 0.316 e. The van der Waals surface area contributed by atoms with Gasteiger partial charge in [0, 0.05) is 12.1 Å². The van der Waals surface area contributed by atoms with Gasteiger partial charge in [0.25, 0.3) is 5.91 Å². The third kappa shape index (κ3) is 11.9. The SMILES string of the molecule is CCCCCCCCCCCCNC(=O)NCNC(=O)c1ccc(O)cc1. The second-order valence-electron chi connectivity index (χ2n) is 6.84. The molecule has 0 unspecified atom stereocenters. The maximum absolute atomic E-state index is 11.8. The first-order valence-corrected chi connectivity index (χ1v) is 10.2. The Morgan fingerprint density at radius 3 is 1.93 bits per heavy atom. The minimum Gasteiger partial charge on any atom is -0.508 e. The van der Waals surface area contributed by atoms with E-state index in [9.17, 15) is 14.7 Å². The van der Waals surface area contributed by atoms with E-state index >= 15 is 0 Å². The molecule has 1 aromatic carbocycles. The van der Waals surface area contributed by atoms with Gasteiger partial charge >= 0.3 is 6.03 Å². The minimum absolute atomic E-state index is 0.0591. The van der Waals surface area contributed by atoms with Crippen LogP contribution >= 0.6 is 0 Å². The van der Waals surface area contributed by atoms with Gasteiger partial charge in [-0.1, -0.05) is 64.7 Å². The van der Waals surface area contributed by atoms with Crippen LogP contribution in [0.2, 0.25) is 0 Å². The molecule has 0 heterocycles. The van der Waals surface area contributed by atoms with E-state index in [0.29, 0.717) is 12.1 Å². The number of phenols is 1. The first-order chi connectivity index (χ1) is 13.1. The topological polar surface area (TPSA) is 90.5 Å². The maximum Gasteiger partial charge on any atom is 0.316 e. The Balaban J connectivity index is 1.92. The van der Waals surface area contributed by atoms with Crippen molar-refractivity contribution < 1.29 is 14.7 Å². The zero-order valence-electron chi connectivity index (χ0n) is 16.6. The average Bonchev–Trinajstić information content (AvgIpc) is 2.66. The lowest BCUT2D eigenvalue weighted by Gasteiger charge is -2.09. The molecule has 0 fully saturated rings. The normalized spacial score (nSPS) is 10.4. The molecule has 6 nitrogen and oxygen atoms in total. The number of amides is 3. The van der Waals surface area contributed by atoms with Gasteiger partial charge in [-0.05, 0) is 30.7 Å². The van der Waals surface area contributed by atoms with E-state index in [-0.39, 0.29) is 24.4 Å². The summed E-state index contributed by atoms with van der Waals surface area (Å²) in [7, 11) is 0. The number of rotatable bonds is 14. The molecule has 0 saturated heterocycles. The van der Waals surface area contributed by atoms with Gasteiger partial charge in [0.05, 0.1) is 6.67 Å². The van der Waals surface area contributed by atoms with E-state index < -0.39 is 0 Å². The van der Waals surface area contributed by atoms with Crippen LogP contribution in [0.15, 0.2) is 24.3 Å². The van der Waals surface area contributed by atoms with Crippen LogP contribution < -0.4 is 16.0 Å². The van der Waals surface area contributed by atoms with Crippen molar-refractivity contribution in [2.45, 2.75) is 71.1 Å². The van der Waals surface area contributed by atoms with Crippen LogP contribution in [0.25, 0.3) is 0 Å². The number of unbranched alkanes of at least 4 members (excludes halogenated alkanes) is 9. The highest BCUT2D eigenvalue weighted by Crippen LogP contribution is 2.10. The zero-order chi connectivity index (χ0) is 19.7. The van der Waals surface area contributed by atoms with Gasteiger partial charge in [0.15, 0.2) is 0 Å². The molecule has 1 aromatic rings. The molecule has 0 bridgehead atoms. The van der Waals surface area contributed by atoms with Gasteiger partial charge < -0.3 is 21.1 Å². The largest absolute Gasteiger partial charge is 0.508 e. The fourth-order valence-corrected chi connectivity index (χ4v) is 2.80. The number of hydrogen-bond donors (Lipinski definition) is 4. The Hall–Kier alpha value is -2.24. The third-order valence-electron chi connectivity index (χ3n) is 4.44. The molecule has 0 saturated carbocycles. The van der Waals surface area contributed by atoms with Crippen LogP contribution in [-0.2, 0) is 0 Å². The molecular weight excluding hydrogens is 342 g/mol. The van der Waals surface area contributed by atoms with Crippen molar-refractivity contribution in [3.8, 4) is 5.75 Å². The standard InChI is InChI=1S/C21H35N3O3/c1-2-3-4-5-6-7-8-9-10-11-16-22-21(27)24-17-23-20(26)18-12-14-19(25)15-13-18/h12-15,25H,2-11,16-17H2,1H3,(H,23,26)(H2,22,24,27). The Kier molecular flexibility index (Phi) is 12.6. The summed E-state index contributed by atoms with van der Waals surface area (Å²) in [5.41, 5.74) is 0.431. The number of benzene rings is 1. The molecular formula is C21H35N3O3. The highest BCUT2D eigenvalue weighted by molar-refractivity contribution is 5.94. The summed E-state index contributed by atoms with van der Waals surface area (Å²) >= 11 is 0. The summed E-state index contributed by atoms with van der Waals surface area (Å²) in [6.07, 6.45) is 12.6. The minimum atomic E-state index is -0.301. The van der Waals surface area contributed by atoms with Gasteiger partial charge in [0.2, 0.25) is 0 Å². The molecule has 1 rings (SSSR count). The van der Waals surface area contributed by atoms with E-state index in [0.717, 1.165) is 12.8 Å². The van der Waals surface area contributed by atoms with Crippen LogP contribution in [0.3, 0.4) is 0 Å². The molecule has 0 radical (unpaired) electrons. The average molecular weight is 378 g/mol. The number of aromatic hydroxyl groups is 1. The molecule has 6 heteroatoms. The molecule has 3 amide bonds. The van der Waals surface area contributed by atoms with Crippen LogP contribution in [0.5, 0.6) is 5.75 Å². The second kappa shape index (κ2) is 14.9. The van der Waals surface area contributed by atoms with Crippen LogP contribution in [0, 0.1) is 0 Å². The van der Waals surface area contributed by atoms with Crippen molar-refractivity contribution in [2.24, 2.45) is 0 Å². The highest BCUT2D eigenvalue weighted by atomic mass is 16.3. The molecule has 0 spiro atoms. The molecule has 4 N–H and O–H groups in total. The van der Waals surface area contributed by atoms with E-state index in [1.54, 1.807) is 0 Å². The Bertz CT molecular complexity index is 532. The van der Waals surface area contributed by atoms with Crippen LogP contribution in [0.4, 0.5) is 4.79 Å². The lowest BCUT2D eigenvalue weighted by atomic mass is 10.1. The summed E-state index contributed by atoms with van der Waals surface area (Å²) in [4.78, 5) is 23.5. The second-order valence-corrected chi connectivity index (χ2v) is 6.84. The van der Waals surface area contributed by atoms with Crippen molar-refractivity contribution >= 4 is 11.9 Å². The van der Waals surface area contributed by atoms with Crippen molar-refractivity contribution in [1.82, 2.24) is 16.0 Å². The van der Waals surface area contributed by atoms with Crippen molar-refractivity contribution in [1.29, 1.82) is 0 Å². The van der Waals surface area contributed by atoms with Gasteiger partial charge in [-0.25, -0.2) is 4.79 Å². The first-order valence-electron chi connectivity index (χ1n) is 10.2. The monoisotopic (exact) mass is 377 g/mol. The number of carbonyl (C=O) groups is 2. The van der Waals surface area contributed by atoms with Crippen molar-refractivity contribution in [3.63, 3.8) is 0 Å². The number of carbonyl (C=O) groups excluding carboxylic acids is 2. The Morgan fingerprint density at radius 1 is 0.778 bits per heavy atom. The van der Waals surface area contributed by atoms with Crippen molar-refractivity contribution in [3.05, 3.63) is 29.8 Å². The highest BCUT2D eigenvalue weighted by Gasteiger charge is 2.05. The van der Waals surface area contributed by atoms with Gasteiger partial charge in [-0.15, -0.1) is 0 Å². The summed E-state index contributed by atoms with van der Waals surface area (Å²) in [6.45, 7) is 2.94. The lowest BCUT2D eigenvalue weighted by Crippen LogP contribution is -2.42. The Morgan fingerprint density at radius 2 is 1.33 bits per heavy atom. The molecule has 152 valence electrons. The third-order valence-corrected chi connectivity index (χ3v) is 4.44. The predicted molar refractivity (Wildman–Crippen MR) is 109 cm³/mol.